The van der Waals surface area contributed by atoms with Gasteiger partial charge in [-0.3, -0.25) is 4.79 Å². The van der Waals surface area contributed by atoms with E-state index in [2.05, 4.69) is 0 Å². The molecule has 1 atom stereocenters. The Kier molecular flexibility index (Phi) is 2.54. The Hall–Kier alpha value is -1.29. The Labute approximate surface area is 82.4 Å². The zero-order valence-electron chi connectivity index (χ0n) is 8.10. The molecule has 2 heterocycles. The highest BCUT2D eigenvalue weighted by atomic mass is 16.5. The average molecular weight is 195 g/mol. The minimum Gasteiger partial charge on any atom is -0.459 e. The van der Waals surface area contributed by atoms with E-state index in [1.807, 2.05) is 6.92 Å². The maximum atomic E-state index is 11.8. The molecule has 1 aliphatic heterocycles. The molecular formula is C10H13NO3. The van der Waals surface area contributed by atoms with Crippen LogP contribution >= 0.6 is 0 Å². The van der Waals surface area contributed by atoms with Gasteiger partial charge in [0.15, 0.2) is 5.76 Å². The van der Waals surface area contributed by atoms with E-state index in [1.165, 1.54) is 6.26 Å². The predicted molar refractivity (Wildman–Crippen MR) is 50.0 cm³/mol. The maximum Gasteiger partial charge on any atom is 0.289 e. The number of hydrogen-bond acceptors (Lipinski definition) is 3. The molecule has 1 aliphatic rings. The molecule has 1 saturated heterocycles. The van der Waals surface area contributed by atoms with E-state index in [9.17, 15) is 4.79 Å². The quantitative estimate of drug-likeness (QED) is 0.674. The molecule has 4 nitrogen and oxygen atoms in total. The second-order valence-corrected chi connectivity index (χ2v) is 3.41. The molecule has 1 aromatic heterocycles. The summed E-state index contributed by atoms with van der Waals surface area (Å²) >= 11 is 0. The van der Waals surface area contributed by atoms with E-state index < -0.39 is 0 Å². The molecule has 1 amide bonds. The van der Waals surface area contributed by atoms with Crippen molar-refractivity contribution in [2.75, 3.05) is 19.7 Å². The van der Waals surface area contributed by atoms with Crippen LogP contribution in [0, 0.1) is 0 Å². The summed E-state index contributed by atoms with van der Waals surface area (Å²) in [6.45, 7) is 3.85. The zero-order chi connectivity index (χ0) is 9.97. The third kappa shape index (κ3) is 1.80. The van der Waals surface area contributed by atoms with E-state index in [1.54, 1.807) is 17.0 Å². The van der Waals surface area contributed by atoms with Gasteiger partial charge < -0.3 is 14.1 Å². The average Bonchev–Trinajstić information content (AvgIpc) is 2.69. The van der Waals surface area contributed by atoms with Gasteiger partial charge in [0, 0.05) is 13.1 Å². The van der Waals surface area contributed by atoms with Gasteiger partial charge in [0.1, 0.15) is 0 Å². The lowest BCUT2D eigenvalue weighted by atomic mass is 10.3. The first kappa shape index (κ1) is 9.27. The van der Waals surface area contributed by atoms with Crippen LogP contribution in [-0.2, 0) is 4.74 Å². The topological polar surface area (TPSA) is 42.7 Å². The van der Waals surface area contributed by atoms with E-state index in [4.69, 9.17) is 9.15 Å². The van der Waals surface area contributed by atoms with Gasteiger partial charge in [-0.2, -0.15) is 0 Å². The highest BCUT2D eigenvalue weighted by Crippen LogP contribution is 2.10. The summed E-state index contributed by atoms with van der Waals surface area (Å²) in [6.07, 6.45) is 1.62. The van der Waals surface area contributed by atoms with Crippen LogP contribution in [0.15, 0.2) is 22.8 Å². The largest absolute Gasteiger partial charge is 0.459 e. The SMILES string of the molecule is CC1CN(C(=O)c2ccco2)CCO1. The van der Waals surface area contributed by atoms with E-state index >= 15 is 0 Å². The molecule has 0 spiro atoms. The standard InChI is InChI=1S/C10H13NO3/c1-8-7-11(4-6-13-8)10(12)9-3-2-5-14-9/h2-3,5,8H,4,6-7H2,1H3. The number of rotatable bonds is 1. The summed E-state index contributed by atoms with van der Waals surface area (Å²) in [5.41, 5.74) is 0. The lowest BCUT2D eigenvalue weighted by Gasteiger charge is -2.30. The minimum absolute atomic E-state index is 0.0508. The molecule has 0 bridgehead atoms. The van der Waals surface area contributed by atoms with Crippen molar-refractivity contribution in [2.24, 2.45) is 0 Å². The van der Waals surface area contributed by atoms with E-state index in [0.29, 0.717) is 25.5 Å². The highest BCUT2D eigenvalue weighted by Gasteiger charge is 2.23. The van der Waals surface area contributed by atoms with Crippen molar-refractivity contribution in [3.05, 3.63) is 24.2 Å². The molecule has 0 radical (unpaired) electrons. The lowest BCUT2D eigenvalue weighted by molar-refractivity contribution is -0.0134. The molecule has 76 valence electrons. The van der Waals surface area contributed by atoms with E-state index in [0.717, 1.165) is 0 Å². The summed E-state index contributed by atoms with van der Waals surface area (Å²) in [5.74, 6) is 0.351. The molecule has 2 rings (SSSR count). The van der Waals surface area contributed by atoms with Crippen LogP contribution in [0.5, 0.6) is 0 Å². The lowest BCUT2D eigenvalue weighted by Crippen LogP contribution is -2.44. The number of amides is 1. The number of nitrogens with zero attached hydrogens (tertiary/aromatic N) is 1. The molecule has 0 saturated carbocycles. The van der Waals surface area contributed by atoms with Crippen molar-refractivity contribution in [3.63, 3.8) is 0 Å². The van der Waals surface area contributed by atoms with Crippen LogP contribution in [0.2, 0.25) is 0 Å². The number of carbonyl (C=O) groups excluding carboxylic acids is 1. The Morgan fingerprint density at radius 1 is 1.64 bits per heavy atom. The molecule has 4 heteroatoms. The smallest absolute Gasteiger partial charge is 0.289 e. The fourth-order valence-corrected chi connectivity index (χ4v) is 1.56. The first-order valence-corrected chi connectivity index (χ1v) is 4.72. The van der Waals surface area contributed by atoms with Crippen LogP contribution < -0.4 is 0 Å². The van der Waals surface area contributed by atoms with Gasteiger partial charge >= 0.3 is 0 Å². The van der Waals surface area contributed by atoms with Crippen molar-refractivity contribution >= 4 is 5.91 Å². The van der Waals surface area contributed by atoms with Crippen molar-refractivity contribution in [1.29, 1.82) is 0 Å². The third-order valence-electron chi connectivity index (χ3n) is 2.26. The number of morpholine rings is 1. The van der Waals surface area contributed by atoms with Gasteiger partial charge in [0.2, 0.25) is 0 Å². The molecule has 0 aliphatic carbocycles. The highest BCUT2D eigenvalue weighted by molar-refractivity contribution is 5.91. The minimum atomic E-state index is -0.0508. The second kappa shape index (κ2) is 3.84. The van der Waals surface area contributed by atoms with Crippen LogP contribution in [0.3, 0.4) is 0 Å². The number of furan rings is 1. The number of hydrogen-bond donors (Lipinski definition) is 0. The molecule has 14 heavy (non-hydrogen) atoms. The Morgan fingerprint density at radius 2 is 2.50 bits per heavy atom. The van der Waals surface area contributed by atoms with Crippen molar-refractivity contribution in [3.8, 4) is 0 Å². The molecule has 1 fully saturated rings. The molecule has 0 aromatic carbocycles. The molecular weight excluding hydrogens is 182 g/mol. The van der Waals surface area contributed by atoms with Gasteiger partial charge in [-0.05, 0) is 19.1 Å². The zero-order valence-corrected chi connectivity index (χ0v) is 8.10. The van der Waals surface area contributed by atoms with Crippen molar-refractivity contribution < 1.29 is 13.9 Å². The summed E-state index contributed by atoms with van der Waals surface area (Å²) in [4.78, 5) is 13.5. The third-order valence-corrected chi connectivity index (χ3v) is 2.26. The van der Waals surface area contributed by atoms with Gasteiger partial charge in [-0.15, -0.1) is 0 Å². The van der Waals surface area contributed by atoms with Crippen LogP contribution in [-0.4, -0.2) is 36.6 Å². The fraction of sp³-hybridized carbons (Fsp3) is 0.500. The molecule has 1 unspecified atom stereocenters. The van der Waals surface area contributed by atoms with Crippen LogP contribution in [0.1, 0.15) is 17.5 Å². The van der Waals surface area contributed by atoms with Gasteiger partial charge in [-0.25, -0.2) is 0 Å². The molecule has 0 N–H and O–H groups in total. The summed E-state index contributed by atoms with van der Waals surface area (Å²) in [5, 5.41) is 0. The summed E-state index contributed by atoms with van der Waals surface area (Å²) in [6, 6.07) is 3.40. The van der Waals surface area contributed by atoms with Gasteiger partial charge in [0.25, 0.3) is 5.91 Å². The van der Waals surface area contributed by atoms with Gasteiger partial charge in [-0.1, -0.05) is 0 Å². The number of ether oxygens (including phenoxy) is 1. The number of carbonyl (C=O) groups is 1. The fourth-order valence-electron chi connectivity index (χ4n) is 1.56. The monoisotopic (exact) mass is 195 g/mol. The van der Waals surface area contributed by atoms with Gasteiger partial charge in [0.05, 0.1) is 19.0 Å². The Bertz CT molecular complexity index is 307. The van der Waals surface area contributed by atoms with Crippen molar-refractivity contribution in [2.45, 2.75) is 13.0 Å². The van der Waals surface area contributed by atoms with E-state index in [-0.39, 0.29) is 12.0 Å². The first-order valence-electron chi connectivity index (χ1n) is 4.72. The second-order valence-electron chi connectivity index (χ2n) is 3.41. The summed E-state index contributed by atoms with van der Waals surface area (Å²) < 4.78 is 10.4. The maximum absolute atomic E-state index is 11.8. The van der Waals surface area contributed by atoms with Crippen LogP contribution in [0.4, 0.5) is 0 Å². The van der Waals surface area contributed by atoms with Crippen LogP contribution in [0.25, 0.3) is 0 Å². The summed E-state index contributed by atoms with van der Waals surface area (Å²) in [7, 11) is 0. The molecule has 1 aromatic rings. The van der Waals surface area contributed by atoms with Crippen molar-refractivity contribution in [1.82, 2.24) is 4.90 Å². The Morgan fingerprint density at radius 3 is 3.14 bits per heavy atom. The predicted octanol–water partition coefficient (Wildman–Crippen LogP) is 1.14. The first-order chi connectivity index (χ1) is 6.77. The Balaban J connectivity index is 2.04. The normalized spacial score (nSPS) is 22.4.